The van der Waals surface area contributed by atoms with Gasteiger partial charge < -0.3 is 5.11 Å². The zero-order valence-corrected chi connectivity index (χ0v) is 15.5. The maximum Gasteiger partial charge on any atom is 0.416 e. The summed E-state index contributed by atoms with van der Waals surface area (Å²) < 4.78 is 77.9. The van der Waals surface area contributed by atoms with Gasteiger partial charge in [-0.25, -0.2) is 4.79 Å². The third-order valence-electron chi connectivity index (χ3n) is 3.93. The average molecular weight is 427 g/mol. The minimum Gasteiger partial charge on any atom is -0.478 e. The van der Waals surface area contributed by atoms with E-state index in [-0.39, 0.29) is 17.3 Å². The maximum absolute atomic E-state index is 13.0. The van der Waals surface area contributed by atoms with E-state index in [2.05, 4.69) is 11.6 Å². The van der Waals surface area contributed by atoms with E-state index in [1.807, 2.05) is 0 Å². The van der Waals surface area contributed by atoms with Crippen molar-refractivity contribution in [3.63, 3.8) is 0 Å². The molecule has 2 aromatic carbocycles. The molecule has 0 bridgehead atoms. The summed E-state index contributed by atoms with van der Waals surface area (Å²) in [6, 6.07) is 5.83. The van der Waals surface area contributed by atoms with Crippen LogP contribution in [0.15, 0.2) is 59.6 Å². The Balaban J connectivity index is 2.58. The SMILES string of the molecule is C=CC(=Cc1ccc(C)cc1N=Cc1cc(C(F)(F)F)cc(C(F)(F)F)c1)C(=O)O. The molecule has 0 radical (unpaired) electrons. The summed E-state index contributed by atoms with van der Waals surface area (Å²) in [6.07, 6.45) is -6.74. The summed E-state index contributed by atoms with van der Waals surface area (Å²) in [7, 11) is 0. The highest BCUT2D eigenvalue weighted by molar-refractivity contribution is 5.96. The largest absolute Gasteiger partial charge is 0.478 e. The van der Waals surface area contributed by atoms with Gasteiger partial charge in [0.05, 0.1) is 22.4 Å². The number of hydrogen-bond acceptors (Lipinski definition) is 2. The lowest BCUT2D eigenvalue weighted by atomic mass is 10.0. The maximum atomic E-state index is 13.0. The van der Waals surface area contributed by atoms with Gasteiger partial charge in [-0.05, 0) is 48.4 Å². The zero-order chi connectivity index (χ0) is 22.7. The fourth-order valence-electron chi connectivity index (χ4n) is 2.46. The quantitative estimate of drug-likeness (QED) is 0.259. The van der Waals surface area contributed by atoms with E-state index in [0.717, 1.165) is 12.3 Å². The minimum absolute atomic E-state index is 0.0292. The molecule has 0 aliphatic heterocycles. The fraction of sp³-hybridized carbons (Fsp3) is 0.143. The van der Waals surface area contributed by atoms with Crippen molar-refractivity contribution in [1.29, 1.82) is 0 Å². The van der Waals surface area contributed by atoms with Crippen LogP contribution in [-0.2, 0) is 17.1 Å². The Morgan fingerprint density at radius 1 is 1.00 bits per heavy atom. The molecule has 0 saturated carbocycles. The van der Waals surface area contributed by atoms with Gasteiger partial charge in [0.15, 0.2) is 0 Å². The van der Waals surface area contributed by atoms with Gasteiger partial charge in [-0.3, -0.25) is 4.99 Å². The number of carbonyl (C=O) groups is 1. The van der Waals surface area contributed by atoms with Crippen molar-refractivity contribution in [1.82, 2.24) is 0 Å². The van der Waals surface area contributed by atoms with E-state index >= 15 is 0 Å². The highest BCUT2D eigenvalue weighted by Gasteiger charge is 2.36. The Kier molecular flexibility index (Phi) is 6.54. The molecule has 0 heterocycles. The van der Waals surface area contributed by atoms with Crippen molar-refractivity contribution in [2.24, 2.45) is 4.99 Å². The zero-order valence-electron chi connectivity index (χ0n) is 15.5. The molecule has 0 saturated heterocycles. The highest BCUT2D eigenvalue weighted by Crippen LogP contribution is 2.36. The molecular weight excluding hydrogens is 412 g/mol. The molecule has 2 aromatic rings. The Morgan fingerprint density at radius 2 is 1.57 bits per heavy atom. The van der Waals surface area contributed by atoms with Crippen LogP contribution in [0.1, 0.15) is 27.8 Å². The number of carboxylic acids is 1. The number of carboxylic acid groups (broad SMARTS) is 1. The first-order valence-corrected chi connectivity index (χ1v) is 8.33. The van der Waals surface area contributed by atoms with Crippen molar-refractivity contribution in [3.05, 3.63) is 82.4 Å². The number of aryl methyl sites for hydroxylation is 1. The van der Waals surface area contributed by atoms with Gasteiger partial charge in [0.1, 0.15) is 0 Å². The second kappa shape index (κ2) is 8.56. The Labute approximate surface area is 167 Å². The van der Waals surface area contributed by atoms with E-state index in [9.17, 15) is 31.1 Å². The van der Waals surface area contributed by atoms with Crippen LogP contribution in [0.4, 0.5) is 32.0 Å². The molecule has 158 valence electrons. The number of hydrogen-bond donors (Lipinski definition) is 1. The van der Waals surface area contributed by atoms with Crippen molar-refractivity contribution < 1.29 is 36.2 Å². The molecule has 2 rings (SSSR count). The first kappa shape index (κ1) is 22.9. The monoisotopic (exact) mass is 427 g/mol. The molecule has 0 fully saturated rings. The van der Waals surface area contributed by atoms with Crippen LogP contribution < -0.4 is 0 Å². The van der Waals surface area contributed by atoms with Crippen molar-refractivity contribution in [3.8, 4) is 0 Å². The smallest absolute Gasteiger partial charge is 0.416 e. The molecule has 0 unspecified atom stereocenters. The van der Waals surface area contributed by atoms with Gasteiger partial charge in [-0.2, -0.15) is 26.3 Å². The molecule has 0 aromatic heterocycles. The van der Waals surface area contributed by atoms with Gasteiger partial charge in [0.25, 0.3) is 0 Å². The summed E-state index contributed by atoms with van der Waals surface area (Å²) >= 11 is 0. The molecule has 0 aliphatic rings. The van der Waals surface area contributed by atoms with E-state index in [1.54, 1.807) is 13.0 Å². The molecule has 9 heteroatoms. The van der Waals surface area contributed by atoms with Crippen LogP contribution in [0.2, 0.25) is 0 Å². The standard InChI is InChI=1S/C21H15F6NO2/c1-3-14(19(29)30)9-15-5-4-12(2)6-18(15)28-11-13-7-16(20(22,23)24)10-17(8-13)21(25,26)27/h3-11H,1H2,2H3,(H,29,30). The van der Waals surface area contributed by atoms with Gasteiger partial charge >= 0.3 is 18.3 Å². The number of aliphatic carboxylic acids is 1. The van der Waals surface area contributed by atoms with E-state index in [0.29, 0.717) is 23.3 Å². The van der Waals surface area contributed by atoms with Gasteiger partial charge in [0.2, 0.25) is 0 Å². The fourth-order valence-corrected chi connectivity index (χ4v) is 2.46. The Bertz CT molecular complexity index is 1000. The molecule has 30 heavy (non-hydrogen) atoms. The number of aliphatic imine (C=N–C) groups is 1. The second-order valence-corrected chi connectivity index (χ2v) is 6.27. The predicted molar refractivity (Wildman–Crippen MR) is 101 cm³/mol. The number of benzene rings is 2. The average Bonchev–Trinajstić information content (AvgIpc) is 2.63. The van der Waals surface area contributed by atoms with Crippen LogP contribution in [0.25, 0.3) is 6.08 Å². The lowest BCUT2D eigenvalue weighted by Gasteiger charge is -2.12. The summed E-state index contributed by atoms with van der Waals surface area (Å²) in [5.74, 6) is -1.26. The molecule has 0 spiro atoms. The lowest BCUT2D eigenvalue weighted by Crippen LogP contribution is -2.11. The van der Waals surface area contributed by atoms with Crippen LogP contribution in [0.5, 0.6) is 0 Å². The molecule has 0 atom stereocenters. The van der Waals surface area contributed by atoms with Crippen molar-refractivity contribution in [2.45, 2.75) is 19.3 Å². The number of halogens is 6. The van der Waals surface area contributed by atoms with E-state index in [4.69, 9.17) is 5.11 Å². The van der Waals surface area contributed by atoms with Gasteiger partial charge in [-0.15, -0.1) is 0 Å². The summed E-state index contributed by atoms with van der Waals surface area (Å²) in [6.45, 7) is 5.08. The van der Waals surface area contributed by atoms with Crippen LogP contribution in [0.3, 0.4) is 0 Å². The van der Waals surface area contributed by atoms with Crippen LogP contribution in [0, 0.1) is 6.92 Å². The molecular formula is C21H15F6NO2. The van der Waals surface area contributed by atoms with Crippen LogP contribution in [-0.4, -0.2) is 17.3 Å². The first-order valence-electron chi connectivity index (χ1n) is 8.33. The highest BCUT2D eigenvalue weighted by atomic mass is 19.4. The molecule has 1 N–H and O–H groups in total. The normalized spacial score (nSPS) is 13.0. The second-order valence-electron chi connectivity index (χ2n) is 6.27. The number of alkyl halides is 6. The Hall–Kier alpha value is -3.36. The number of rotatable bonds is 5. The van der Waals surface area contributed by atoms with E-state index < -0.39 is 35.0 Å². The first-order chi connectivity index (χ1) is 13.8. The molecule has 0 amide bonds. The molecule has 3 nitrogen and oxygen atoms in total. The minimum atomic E-state index is -4.97. The third kappa shape index (κ3) is 5.82. The van der Waals surface area contributed by atoms with Gasteiger partial charge in [-0.1, -0.05) is 24.8 Å². The van der Waals surface area contributed by atoms with Crippen molar-refractivity contribution >= 4 is 23.9 Å². The topological polar surface area (TPSA) is 49.7 Å². The van der Waals surface area contributed by atoms with Gasteiger partial charge in [0, 0.05) is 11.8 Å². The summed E-state index contributed by atoms with van der Waals surface area (Å²) in [5, 5.41) is 9.11. The van der Waals surface area contributed by atoms with Crippen LogP contribution >= 0.6 is 0 Å². The van der Waals surface area contributed by atoms with Crippen molar-refractivity contribution in [2.75, 3.05) is 0 Å². The summed E-state index contributed by atoms with van der Waals surface area (Å²) in [4.78, 5) is 15.2. The summed E-state index contributed by atoms with van der Waals surface area (Å²) in [5.41, 5.74) is -2.30. The number of nitrogens with zero attached hydrogens (tertiary/aromatic N) is 1. The third-order valence-corrected chi connectivity index (χ3v) is 3.93. The van der Waals surface area contributed by atoms with E-state index in [1.165, 1.54) is 18.2 Å². The molecule has 0 aliphatic carbocycles. The predicted octanol–water partition coefficient (Wildman–Crippen LogP) is 6.44. The lowest BCUT2D eigenvalue weighted by molar-refractivity contribution is -0.143. The Morgan fingerprint density at radius 3 is 2.03 bits per heavy atom.